The minimum atomic E-state index is -0.264. The molecule has 13 rings (SSSR count). The first-order valence-corrected chi connectivity index (χ1v) is 24.3. The van der Waals surface area contributed by atoms with Gasteiger partial charge in [0, 0.05) is 43.7 Å². The van der Waals surface area contributed by atoms with Crippen molar-refractivity contribution in [2.24, 2.45) is 0 Å². The third-order valence-corrected chi connectivity index (χ3v) is 15.6. The molecule has 0 fully saturated rings. The number of benzene rings is 9. The van der Waals surface area contributed by atoms with Crippen LogP contribution in [0.15, 0.2) is 231 Å². The van der Waals surface area contributed by atoms with Crippen LogP contribution in [0.4, 0.5) is 0 Å². The Morgan fingerprint density at radius 3 is 1.49 bits per heavy atom. The van der Waals surface area contributed by atoms with Gasteiger partial charge in [-0.25, -0.2) is 0 Å². The number of hydrogen-bond acceptors (Lipinski definition) is 0. The van der Waals surface area contributed by atoms with Gasteiger partial charge in [0.25, 0.3) is 0 Å². The van der Waals surface area contributed by atoms with Gasteiger partial charge in [0.05, 0.1) is 22.1 Å². The first kappa shape index (κ1) is 41.0. The molecule has 2 heteroatoms. The summed E-state index contributed by atoms with van der Waals surface area (Å²) in [6, 6.07) is 72.6. The zero-order chi connectivity index (χ0) is 46.6. The molecule has 0 saturated heterocycles. The molecule has 11 aromatic rings. The van der Waals surface area contributed by atoms with Gasteiger partial charge in [-0.2, -0.15) is 0 Å². The molecular weight excluding hydrogens is 833 g/mol. The van der Waals surface area contributed by atoms with Crippen molar-refractivity contribution in [3.05, 3.63) is 253 Å². The Kier molecular flexibility index (Phi) is 9.17. The van der Waals surface area contributed by atoms with Crippen molar-refractivity contribution in [2.45, 2.75) is 44.9 Å². The zero-order valence-corrected chi connectivity index (χ0v) is 39.6. The number of fused-ring (bicyclic) bond motifs is 10. The molecule has 9 aromatic carbocycles. The van der Waals surface area contributed by atoms with E-state index in [0.717, 1.165) is 23.4 Å². The van der Waals surface area contributed by atoms with Crippen LogP contribution >= 0.6 is 0 Å². The van der Waals surface area contributed by atoms with E-state index in [1.165, 1.54) is 110 Å². The summed E-state index contributed by atoms with van der Waals surface area (Å²) in [6.45, 7) is 14.0. The smallest absolute Gasteiger partial charge is 0.0544 e. The molecule has 0 unspecified atom stereocenters. The molecule has 0 bridgehead atoms. The van der Waals surface area contributed by atoms with Crippen molar-refractivity contribution in [3.63, 3.8) is 0 Å². The molecule has 2 aromatic heterocycles. The fourth-order valence-corrected chi connectivity index (χ4v) is 11.7. The highest BCUT2D eigenvalue weighted by atomic mass is 15.0. The predicted octanol–water partition coefficient (Wildman–Crippen LogP) is 17.7. The molecule has 0 radical (unpaired) electrons. The standard InChI is InChI=1S/C67H52N2/c1-43-19-9-6-14-24-50-39-57-55-37-48(31-33-62(55)68(64(57)41-60(50)66(43,2)3)51-27-17-25-46(35-51)44-20-10-7-11-21-44)49-32-34-63-56(38-49)58-40-54-53-29-15-16-30-59(53)67(4,5)61(54)42-65(58)69(63)52-28-18-26-47(36-52)45-22-12-8-13-23-45/h6-23,25-42H,1,24H2,2-5H3/b14-6-,19-9-. The number of allylic oxidation sites excluding steroid dienone is 5. The van der Waals surface area contributed by atoms with Gasteiger partial charge in [-0.15, -0.1) is 0 Å². The van der Waals surface area contributed by atoms with Gasteiger partial charge in [0.1, 0.15) is 0 Å². The van der Waals surface area contributed by atoms with Crippen LogP contribution in [0.2, 0.25) is 0 Å². The summed E-state index contributed by atoms with van der Waals surface area (Å²) in [5, 5.41) is 5.01. The Morgan fingerprint density at radius 2 is 0.884 bits per heavy atom. The van der Waals surface area contributed by atoms with Gasteiger partial charge in [-0.1, -0.05) is 180 Å². The third kappa shape index (κ3) is 6.39. The number of rotatable bonds is 5. The second-order valence-electron chi connectivity index (χ2n) is 20.2. The lowest BCUT2D eigenvalue weighted by molar-refractivity contribution is 0.636. The maximum Gasteiger partial charge on any atom is 0.0544 e. The Hall–Kier alpha value is -8.20. The molecule has 0 saturated carbocycles. The predicted molar refractivity (Wildman–Crippen MR) is 293 cm³/mol. The molecule has 2 aliphatic carbocycles. The van der Waals surface area contributed by atoms with Crippen molar-refractivity contribution in [1.29, 1.82) is 0 Å². The Morgan fingerprint density at radius 1 is 0.377 bits per heavy atom. The quantitative estimate of drug-likeness (QED) is 0.163. The molecule has 2 aliphatic rings. The second-order valence-corrected chi connectivity index (χ2v) is 20.2. The van der Waals surface area contributed by atoms with Crippen molar-refractivity contribution >= 4 is 43.6 Å². The highest BCUT2D eigenvalue weighted by Gasteiger charge is 2.36. The van der Waals surface area contributed by atoms with Gasteiger partial charge >= 0.3 is 0 Å². The summed E-state index contributed by atoms with van der Waals surface area (Å²) in [5.74, 6) is 0. The summed E-state index contributed by atoms with van der Waals surface area (Å²) in [6.07, 6.45) is 9.60. The highest BCUT2D eigenvalue weighted by Crippen LogP contribution is 2.51. The number of nitrogens with zero attached hydrogens (tertiary/aromatic N) is 2. The van der Waals surface area contributed by atoms with Crippen LogP contribution in [0, 0.1) is 0 Å². The normalized spacial score (nSPS) is 15.7. The van der Waals surface area contributed by atoms with E-state index in [0.29, 0.717) is 0 Å². The molecule has 2 heterocycles. The third-order valence-electron chi connectivity index (χ3n) is 15.6. The minimum Gasteiger partial charge on any atom is -0.309 e. The lowest BCUT2D eigenvalue weighted by Gasteiger charge is -2.29. The molecule has 330 valence electrons. The van der Waals surface area contributed by atoms with Crippen molar-refractivity contribution < 1.29 is 0 Å². The Bertz CT molecular complexity index is 3980. The molecule has 0 amide bonds. The average Bonchev–Trinajstić information content (AvgIpc) is 3.97. The Labute approximate surface area is 404 Å². The Balaban J connectivity index is 1.04. The second kappa shape index (κ2) is 15.4. The molecule has 0 spiro atoms. The monoisotopic (exact) mass is 884 g/mol. The zero-order valence-electron chi connectivity index (χ0n) is 39.6. The van der Waals surface area contributed by atoms with Crippen molar-refractivity contribution in [3.8, 4) is 55.9 Å². The fourth-order valence-electron chi connectivity index (χ4n) is 11.7. The van der Waals surface area contributed by atoms with E-state index < -0.39 is 0 Å². The van der Waals surface area contributed by atoms with Gasteiger partial charge in [0.2, 0.25) is 0 Å². The summed E-state index contributed by atoms with van der Waals surface area (Å²) in [4.78, 5) is 0. The summed E-state index contributed by atoms with van der Waals surface area (Å²) in [7, 11) is 0. The number of aromatic nitrogens is 2. The lowest BCUT2D eigenvalue weighted by atomic mass is 9.75. The summed E-state index contributed by atoms with van der Waals surface area (Å²) in [5.41, 5.74) is 23.1. The topological polar surface area (TPSA) is 9.86 Å². The van der Waals surface area contributed by atoms with Crippen LogP contribution in [0.1, 0.15) is 49.9 Å². The van der Waals surface area contributed by atoms with Gasteiger partial charge in [0.15, 0.2) is 0 Å². The highest BCUT2D eigenvalue weighted by molar-refractivity contribution is 6.14. The van der Waals surface area contributed by atoms with Crippen LogP contribution in [0.25, 0.3) is 99.5 Å². The van der Waals surface area contributed by atoms with E-state index in [1.54, 1.807) is 0 Å². The van der Waals surface area contributed by atoms with Crippen LogP contribution < -0.4 is 0 Å². The lowest BCUT2D eigenvalue weighted by Crippen LogP contribution is -2.20. The molecule has 2 nitrogen and oxygen atoms in total. The van der Waals surface area contributed by atoms with Crippen molar-refractivity contribution in [1.82, 2.24) is 9.13 Å². The largest absolute Gasteiger partial charge is 0.309 e. The molecule has 0 N–H and O–H groups in total. The van der Waals surface area contributed by atoms with E-state index in [-0.39, 0.29) is 10.8 Å². The molecule has 0 atom stereocenters. The van der Waals surface area contributed by atoms with Crippen LogP contribution in [0.3, 0.4) is 0 Å². The summed E-state index contributed by atoms with van der Waals surface area (Å²) >= 11 is 0. The summed E-state index contributed by atoms with van der Waals surface area (Å²) < 4.78 is 4.98. The maximum atomic E-state index is 4.58. The first-order valence-electron chi connectivity index (χ1n) is 24.3. The molecule has 69 heavy (non-hydrogen) atoms. The maximum absolute atomic E-state index is 4.58. The van der Waals surface area contributed by atoms with Crippen molar-refractivity contribution in [2.75, 3.05) is 0 Å². The SMILES string of the molecule is C=C1/C=C\C=C/Cc2cc3c4cc(-c5ccc6c(c5)c5cc7c(cc5n6-c5cccc(-c6ccccc6)c5)C(C)(C)c5ccccc5-7)ccc4n(-c4cccc(-c5ccccc5)c4)c3cc2C1(C)C. The van der Waals surface area contributed by atoms with E-state index >= 15 is 0 Å². The molecule has 0 aliphatic heterocycles. The van der Waals surface area contributed by atoms with E-state index in [1.807, 2.05) is 0 Å². The molecular formula is C67H52N2. The van der Waals surface area contributed by atoms with E-state index in [4.69, 9.17) is 0 Å². The minimum absolute atomic E-state index is 0.121. The van der Waals surface area contributed by atoms with Crippen LogP contribution in [-0.2, 0) is 17.3 Å². The first-order chi connectivity index (χ1) is 33.6. The van der Waals surface area contributed by atoms with Gasteiger partial charge in [-0.3, -0.25) is 0 Å². The van der Waals surface area contributed by atoms with Gasteiger partial charge in [-0.05, 0) is 152 Å². The number of hydrogen-bond donors (Lipinski definition) is 0. The average molecular weight is 885 g/mol. The van der Waals surface area contributed by atoms with Gasteiger partial charge < -0.3 is 9.13 Å². The fraction of sp³-hybridized carbons (Fsp3) is 0.104. The van der Waals surface area contributed by atoms with E-state index in [9.17, 15) is 0 Å². The van der Waals surface area contributed by atoms with Crippen LogP contribution in [-0.4, -0.2) is 9.13 Å². The van der Waals surface area contributed by atoms with E-state index in [2.05, 4.69) is 262 Å². The van der Waals surface area contributed by atoms with Crippen LogP contribution in [0.5, 0.6) is 0 Å².